The third-order valence-electron chi connectivity index (χ3n) is 6.16. The number of benzene rings is 1. The van der Waals surface area contributed by atoms with Crippen molar-refractivity contribution in [3.05, 3.63) is 30.1 Å². The fourth-order valence-corrected chi connectivity index (χ4v) is 4.32. The minimum atomic E-state index is -0.427. The van der Waals surface area contributed by atoms with Gasteiger partial charge in [-0.3, -0.25) is 14.5 Å². The number of nitrogens with zero attached hydrogens (tertiary/aromatic N) is 3. The lowest BCUT2D eigenvalue weighted by atomic mass is 9.79. The Hall–Kier alpha value is -2.15. The van der Waals surface area contributed by atoms with E-state index in [0.717, 1.165) is 44.7 Å². The number of hydroxylamine groups is 2. The second kappa shape index (κ2) is 8.25. The molecule has 2 heterocycles. The molecule has 2 aliphatic heterocycles. The van der Waals surface area contributed by atoms with Crippen molar-refractivity contribution < 1.29 is 18.8 Å². The van der Waals surface area contributed by atoms with Crippen LogP contribution in [0.15, 0.2) is 24.3 Å². The van der Waals surface area contributed by atoms with Crippen molar-refractivity contribution in [2.24, 2.45) is 5.41 Å². The molecule has 6 nitrogen and oxygen atoms in total. The molecule has 0 aromatic heterocycles. The summed E-state index contributed by atoms with van der Waals surface area (Å²) in [7, 11) is 0. The number of hydrogen-bond donors (Lipinski definition) is 0. The molecule has 27 heavy (non-hydrogen) atoms. The molecule has 0 unspecified atom stereocenters. The van der Waals surface area contributed by atoms with Gasteiger partial charge in [-0.2, -0.15) is 5.06 Å². The van der Waals surface area contributed by atoms with E-state index in [2.05, 4.69) is 9.80 Å². The van der Waals surface area contributed by atoms with Crippen LogP contribution in [0.25, 0.3) is 0 Å². The molecule has 3 rings (SSSR count). The maximum atomic E-state index is 13.1. The molecule has 148 valence electrons. The topological polar surface area (TPSA) is 53.1 Å². The molecule has 0 spiro atoms. The van der Waals surface area contributed by atoms with E-state index >= 15 is 0 Å². The number of piperazine rings is 1. The van der Waals surface area contributed by atoms with Gasteiger partial charge in [-0.05, 0) is 43.5 Å². The third kappa shape index (κ3) is 3.93. The van der Waals surface area contributed by atoms with Crippen LogP contribution in [0, 0.1) is 11.2 Å². The first-order chi connectivity index (χ1) is 13.0. The fourth-order valence-electron chi connectivity index (χ4n) is 4.32. The number of anilines is 1. The van der Waals surface area contributed by atoms with Crippen molar-refractivity contribution in [2.75, 3.05) is 37.6 Å². The highest BCUT2D eigenvalue weighted by Gasteiger charge is 2.51. The molecule has 1 aromatic carbocycles. The molecule has 0 radical (unpaired) electrons. The highest BCUT2D eigenvalue weighted by Crippen LogP contribution is 2.42. The first-order valence-electron chi connectivity index (χ1n) is 9.70. The van der Waals surface area contributed by atoms with Crippen molar-refractivity contribution in [1.29, 1.82) is 0 Å². The summed E-state index contributed by atoms with van der Waals surface area (Å²) in [6.45, 7) is 8.46. The summed E-state index contributed by atoms with van der Waals surface area (Å²) >= 11 is 0. The molecule has 0 bridgehead atoms. The Balaban J connectivity index is 1.61. The minimum absolute atomic E-state index is 0.0745. The van der Waals surface area contributed by atoms with Crippen molar-refractivity contribution >= 4 is 18.1 Å². The van der Waals surface area contributed by atoms with Crippen LogP contribution in [0.1, 0.15) is 33.1 Å². The molecule has 2 saturated heterocycles. The van der Waals surface area contributed by atoms with Crippen LogP contribution < -0.4 is 4.90 Å². The number of amides is 1. The van der Waals surface area contributed by atoms with Crippen molar-refractivity contribution in [3.63, 3.8) is 0 Å². The molecule has 1 atom stereocenters. The standard InChI is InChI=1S/C20H28FN3O3/c1-3-20(4-2)13-18(24(19(20)26)27-15-25)14-22-9-11-23(12-10-22)17-7-5-16(21)6-8-17/h5-8,15,18H,3-4,9-14H2,1-2H3/t18-/m1/s1. The van der Waals surface area contributed by atoms with Crippen LogP contribution in [0.5, 0.6) is 0 Å². The second-order valence-corrected chi connectivity index (χ2v) is 7.44. The van der Waals surface area contributed by atoms with E-state index in [4.69, 9.17) is 4.84 Å². The zero-order chi connectivity index (χ0) is 19.4. The van der Waals surface area contributed by atoms with E-state index in [0.29, 0.717) is 19.4 Å². The summed E-state index contributed by atoms with van der Waals surface area (Å²) in [6, 6.07) is 6.46. The Bertz CT molecular complexity index is 655. The van der Waals surface area contributed by atoms with E-state index in [-0.39, 0.29) is 17.8 Å². The quantitative estimate of drug-likeness (QED) is 0.683. The Labute approximate surface area is 159 Å². The summed E-state index contributed by atoms with van der Waals surface area (Å²) in [5.41, 5.74) is 0.595. The van der Waals surface area contributed by atoms with E-state index in [1.807, 2.05) is 13.8 Å². The zero-order valence-corrected chi connectivity index (χ0v) is 16.1. The minimum Gasteiger partial charge on any atom is -0.369 e. The Morgan fingerprint density at radius 1 is 1.15 bits per heavy atom. The maximum absolute atomic E-state index is 13.1. The van der Waals surface area contributed by atoms with Crippen LogP contribution in [0.3, 0.4) is 0 Å². The van der Waals surface area contributed by atoms with Crippen LogP contribution >= 0.6 is 0 Å². The van der Waals surface area contributed by atoms with Gasteiger partial charge in [0.05, 0.1) is 11.5 Å². The van der Waals surface area contributed by atoms with E-state index in [1.165, 1.54) is 17.2 Å². The molecule has 1 aromatic rings. The number of rotatable bonds is 7. The van der Waals surface area contributed by atoms with Gasteiger partial charge in [0.15, 0.2) is 0 Å². The van der Waals surface area contributed by atoms with Gasteiger partial charge in [0.25, 0.3) is 5.91 Å². The van der Waals surface area contributed by atoms with E-state index in [1.54, 1.807) is 12.1 Å². The van der Waals surface area contributed by atoms with Crippen molar-refractivity contribution in [2.45, 2.75) is 39.2 Å². The molecule has 2 fully saturated rings. The SMILES string of the molecule is CCC1(CC)C[C@H](CN2CCN(c3ccc(F)cc3)CC2)N(OC=O)C1=O. The smallest absolute Gasteiger partial charge is 0.320 e. The van der Waals surface area contributed by atoms with Crippen molar-refractivity contribution in [1.82, 2.24) is 9.96 Å². The van der Waals surface area contributed by atoms with Gasteiger partial charge >= 0.3 is 6.47 Å². The average Bonchev–Trinajstić information content (AvgIpc) is 2.95. The number of halogens is 1. The van der Waals surface area contributed by atoms with Gasteiger partial charge in [-0.1, -0.05) is 13.8 Å². The van der Waals surface area contributed by atoms with Gasteiger partial charge in [0, 0.05) is 38.4 Å². The third-order valence-corrected chi connectivity index (χ3v) is 6.16. The predicted octanol–water partition coefficient (Wildman–Crippen LogP) is 2.44. The number of hydrogen-bond acceptors (Lipinski definition) is 5. The Morgan fingerprint density at radius 2 is 1.78 bits per heavy atom. The average molecular weight is 377 g/mol. The highest BCUT2D eigenvalue weighted by atomic mass is 19.1. The summed E-state index contributed by atoms with van der Waals surface area (Å²) in [4.78, 5) is 33.3. The molecule has 0 saturated carbocycles. The lowest BCUT2D eigenvalue weighted by molar-refractivity contribution is -0.192. The van der Waals surface area contributed by atoms with Gasteiger partial charge in [0.2, 0.25) is 0 Å². The molecule has 0 aliphatic carbocycles. The lowest BCUT2D eigenvalue weighted by Gasteiger charge is -2.37. The second-order valence-electron chi connectivity index (χ2n) is 7.44. The van der Waals surface area contributed by atoms with E-state index in [9.17, 15) is 14.0 Å². The van der Waals surface area contributed by atoms with Gasteiger partial charge in [-0.15, -0.1) is 0 Å². The first kappa shape index (κ1) is 19.6. The maximum Gasteiger partial charge on any atom is 0.320 e. The lowest BCUT2D eigenvalue weighted by Crippen LogP contribution is -2.50. The summed E-state index contributed by atoms with van der Waals surface area (Å²) < 4.78 is 13.1. The number of carbonyl (C=O) groups excluding carboxylic acids is 2. The van der Waals surface area contributed by atoms with Gasteiger partial charge in [0.1, 0.15) is 5.82 Å². The summed E-state index contributed by atoms with van der Waals surface area (Å²) in [5, 5.41) is 1.30. The fraction of sp³-hybridized carbons (Fsp3) is 0.600. The van der Waals surface area contributed by atoms with Crippen LogP contribution in [0.4, 0.5) is 10.1 Å². The molecule has 0 N–H and O–H groups in total. The molecule has 7 heteroatoms. The number of carbonyl (C=O) groups is 2. The summed E-state index contributed by atoms with van der Waals surface area (Å²) in [6.07, 6.45) is 2.20. The predicted molar refractivity (Wildman–Crippen MR) is 100 cm³/mol. The Kier molecular flexibility index (Phi) is 5.99. The van der Waals surface area contributed by atoms with Crippen LogP contribution in [-0.4, -0.2) is 61.1 Å². The van der Waals surface area contributed by atoms with Gasteiger partial charge < -0.3 is 9.74 Å². The van der Waals surface area contributed by atoms with Crippen LogP contribution in [0.2, 0.25) is 0 Å². The normalized spacial score (nSPS) is 22.9. The molecular weight excluding hydrogens is 349 g/mol. The van der Waals surface area contributed by atoms with Crippen LogP contribution in [-0.2, 0) is 14.4 Å². The monoisotopic (exact) mass is 377 g/mol. The highest BCUT2D eigenvalue weighted by molar-refractivity contribution is 5.85. The largest absolute Gasteiger partial charge is 0.369 e. The molecule has 2 aliphatic rings. The van der Waals surface area contributed by atoms with E-state index < -0.39 is 5.41 Å². The van der Waals surface area contributed by atoms with Crippen molar-refractivity contribution in [3.8, 4) is 0 Å². The molecular formula is C20H28FN3O3. The zero-order valence-electron chi connectivity index (χ0n) is 16.1. The first-order valence-corrected chi connectivity index (χ1v) is 9.70. The summed E-state index contributed by atoms with van der Waals surface area (Å²) in [5.74, 6) is -0.302. The molecule has 1 amide bonds. The van der Waals surface area contributed by atoms with Gasteiger partial charge in [-0.25, -0.2) is 4.39 Å². The Morgan fingerprint density at radius 3 is 2.33 bits per heavy atom.